The van der Waals surface area contributed by atoms with Crippen molar-refractivity contribution in [3.63, 3.8) is 0 Å². The maximum Gasteiger partial charge on any atom is 0.136 e. The molecule has 12 heavy (non-hydrogen) atoms. The fourth-order valence-corrected chi connectivity index (χ4v) is 2.53. The van der Waals surface area contributed by atoms with Gasteiger partial charge < -0.3 is 4.90 Å². The van der Waals surface area contributed by atoms with Gasteiger partial charge in [-0.3, -0.25) is 0 Å². The Morgan fingerprint density at radius 1 is 1.33 bits per heavy atom. The van der Waals surface area contributed by atoms with Gasteiger partial charge in [-0.1, -0.05) is 30.9 Å². The summed E-state index contributed by atoms with van der Waals surface area (Å²) in [7, 11) is 0. The number of likely N-dealkylation sites (tertiary alicyclic amines) is 1. The van der Waals surface area contributed by atoms with Crippen LogP contribution in [0.4, 0.5) is 0 Å². The van der Waals surface area contributed by atoms with E-state index in [0.717, 1.165) is 4.32 Å². The molecule has 0 N–H and O–H groups in total. The molecule has 0 amide bonds. The van der Waals surface area contributed by atoms with Crippen molar-refractivity contribution in [1.82, 2.24) is 4.90 Å². The van der Waals surface area contributed by atoms with Crippen molar-refractivity contribution in [2.45, 2.75) is 32.6 Å². The third kappa shape index (κ3) is 3.31. The second-order valence-corrected chi connectivity index (χ2v) is 4.89. The van der Waals surface area contributed by atoms with Crippen molar-refractivity contribution in [2.75, 3.05) is 18.8 Å². The summed E-state index contributed by atoms with van der Waals surface area (Å²) in [5.74, 6) is 1.18. The van der Waals surface area contributed by atoms with E-state index in [2.05, 4.69) is 11.8 Å². The Labute approximate surface area is 84.9 Å². The smallest absolute Gasteiger partial charge is 0.136 e. The van der Waals surface area contributed by atoms with Crippen LogP contribution in [0.2, 0.25) is 0 Å². The minimum Gasteiger partial charge on any atom is -0.358 e. The molecule has 0 aromatic heterocycles. The Bertz CT molecular complexity index is 141. The molecule has 1 fully saturated rings. The zero-order chi connectivity index (χ0) is 8.81. The Balaban J connectivity index is 2.20. The molecule has 0 radical (unpaired) electrons. The van der Waals surface area contributed by atoms with Gasteiger partial charge in [-0.25, -0.2) is 0 Å². The molecule has 0 aromatic carbocycles. The number of piperidine rings is 1. The Kier molecular flexibility index (Phi) is 5.00. The predicted molar refractivity (Wildman–Crippen MR) is 60.8 cm³/mol. The summed E-state index contributed by atoms with van der Waals surface area (Å²) in [5.41, 5.74) is 0. The molecule has 70 valence electrons. The van der Waals surface area contributed by atoms with E-state index in [1.165, 1.54) is 44.5 Å². The summed E-state index contributed by atoms with van der Waals surface area (Å²) in [6.07, 6.45) is 5.26. The van der Waals surface area contributed by atoms with Gasteiger partial charge in [0.1, 0.15) is 4.32 Å². The highest BCUT2D eigenvalue weighted by molar-refractivity contribution is 8.22. The standard InChI is InChI=1S/C9H17NS2/c1-2-8-12-9(11)10-6-4-3-5-7-10/h2-8H2,1H3. The zero-order valence-electron chi connectivity index (χ0n) is 7.71. The summed E-state index contributed by atoms with van der Waals surface area (Å²) in [4.78, 5) is 2.36. The van der Waals surface area contributed by atoms with Crippen LogP contribution in [0.3, 0.4) is 0 Å². The van der Waals surface area contributed by atoms with Gasteiger partial charge in [0.25, 0.3) is 0 Å². The lowest BCUT2D eigenvalue weighted by molar-refractivity contribution is 0.352. The first-order chi connectivity index (χ1) is 5.84. The summed E-state index contributed by atoms with van der Waals surface area (Å²) in [5, 5.41) is 0. The third-order valence-electron chi connectivity index (χ3n) is 2.04. The molecule has 1 rings (SSSR count). The summed E-state index contributed by atoms with van der Waals surface area (Å²) >= 11 is 7.17. The average Bonchev–Trinajstić information content (AvgIpc) is 2.15. The molecule has 0 unspecified atom stereocenters. The Morgan fingerprint density at radius 3 is 2.58 bits per heavy atom. The molecule has 0 spiro atoms. The second-order valence-electron chi connectivity index (χ2n) is 3.16. The van der Waals surface area contributed by atoms with Crippen LogP contribution < -0.4 is 0 Å². The lowest BCUT2D eigenvalue weighted by Crippen LogP contribution is -2.32. The van der Waals surface area contributed by atoms with Crippen LogP contribution in [-0.2, 0) is 0 Å². The minimum absolute atomic E-state index is 1.12. The van der Waals surface area contributed by atoms with Crippen LogP contribution in [0.1, 0.15) is 32.6 Å². The van der Waals surface area contributed by atoms with Crippen molar-refractivity contribution >= 4 is 28.3 Å². The van der Waals surface area contributed by atoms with E-state index >= 15 is 0 Å². The summed E-state index contributed by atoms with van der Waals surface area (Å²) < 4.78 is 1.12. The van der Waals surface area contributed by atoms with E-state index in [-0.39, 0.29) is 0 Å². The van der Waals surface area contributed by atoms with Crippen LogP contribution in [0.5, 0.6) is 0 Å². The lowest BCUT2D eigenvalue weighted by Gasteiger charge is -2.28. The highest BCUT2D eigenvalue weighted by atomic mass is 32.2. The van der Waals surface area contributed by atoms with Crippen molar-refractivity contribution < 1.29 is 0 Å². The van der Waals surface area contributed by atoms with Gasteiger partial charge in [0.15, 0.2) is 0 Å². The van der Waals surface area contributed by atoms with Gasteiger partial charge in [-0.2, -0.15) is 0 Å². The SMILES string of the molecule is CCCSC(=S)N1CCCCC1. The van der Waals surface area contributed by atoms with Crippen LogP contribution in [0.15, 0.2) is 0 Å². The highest BCUT2D eigenvalue weighted by Crippen LogP contribution is 2.16. The van der Waals surface area contributed by atoms with Gasteiger partial charge in [0.05, 0.1) is 0 Å². The van der Waals surface area contributed by atoms with E-state index < -0.39 is 0 Å². The minimum atomic E-state index is 1.12. The number of hydrogen-bond donors (Lipinski definition) is 0. The quantitative estimate of drug-likeness (QED) is 0.635. The van der Waals surface area contributed by atoms with Gasteiger partial charge in [-0.15, -0.1) is 0 Å². The molecular weight excluding hydrogens is 186 g/mol. The van der Waals surface area contributed by atoms with E-state index in [4.69, 9.17) is 12.2 Å². The molecule has 0 bridgehead atoms. The largest absolute Gasteiger partial charge is 0.358 e. The van der Waals surface area contributed by atoms with E-state index in [9.17, 15) is 0 Å². The maximum atomic E-state index is 5.33. The third-order valence-corrected chi connectivity index (χ3v) is 3.77. The number of hydrogen-bond acceptors (Lipinski definition) is 2. The molecule has 0 aromatic rings. The summed E-state index contributed by atoms with van der Waals surface area (Å²) in [6.45, 7) is 4.58. The van der Waals surface area contributed by atoms with Gasteiger partial charge in [0.2, 0.25) is 0 Å². The molecule has 0 atom stereocenters. The number of nitrogens with zero attached hydrogens (tertiary/aromatic N) is 1. The highest BCUT2D eigenvalue weighted by Gasteiger charge is 2.12. The fraction of sp³-hybridized carbons (Fsp3) is 0.889. The van der Waals surface area contributed by atoms with Gasteiger partial charge in [0, 0.05) is 13.1 Å². The van der Waals surface area contributed by atoms with Crippen molar-refractivity contribution in [2.24, 2.45) is 0 Å². The zero-order valence-corrected chi connectivity index (χ0v) is 9.35. The molecule has 0 saturated carbocycles. The van der Waals surface area contributed by atoms with E-state index in [1.807, 2.05) is 11.8 Å². The van der Waals surface area contributed by atoms with E-state index in [0.29, 0.717) is 0 Å². The first-order valence-corrected chi connectivity index (χ1v) is 6.15. The second kappa shape index (κ2) is 5.81. The number of thioether (sulfide) groups is 1. The van der Waals surface area contributed by atoms with Gasteiger partial charge in [-0.05, 0) is 31.4 Å². The monoisotopic (exact) mass is 203 g/mol. The van der Waals surface area contributed by atoms with Crippen LogP contribution >= 0.6 is 24.0 Å². The predicted octanol–water partition coefficient (Wildman–Crippen LogP) is 2.90. The fourth-order valence-electron chi connectivity index (χ4n) is 1.36. The molecule has 1 heterocycles. The van der Waals surface area contributed by atoms with Crippen LogP contribution in [-0.4, -0.2) is 28.1 Å². The number of rotatable bonds is 2. The molecule has 1 nitrogen and oxygen atoms in total. The molecular formula is C9H17NS2. The lowest BCUT2D eigenvalue weighted by atomic mass is 10.1. The first-order valence-electron chi connectivity index (χ1n) is 4.76. The van der Waals surface area contributed by atoms with Crippen LogP contribution in [0.25, 0.3) is 0 Å². The number of thiocarbonyl (C=S) groups is 1. The average molecular weight is 203 g/mol. The molecule has 0 aliphatic carbocycles. The molecule has 1 saturated heterocycles. The maximum absolute atomic E-state index is 5.33. The molecule has 1 aliphatic rings. The van der Waals surface area contributed by atoms with Crippen LogP contribution in [0, 0.1) is 0 Å². The molecule has 1 aliphatic heterocycles. The normalized spacial score (nSPS) is 17.9. The topological polar surface area (TPSA) is 3.24 Å². The van der Waals surface area contributed by atoms with Gasteiger partial charge >= 0.3 is 0 Å². The van der Waals surface area contributed by atoms with Crippen molar-refractivity contribution in [1.29, 1.82) is 0 Å². The molecule has 3 heteroatoms. The Hall–Kier alpha value is 0.240. The first kappa shape index (κ1) is 10.3. The van der Waals surface area contributed by atoms with Crippen molar-refractivity contribution in [3.05, 3.63) is 0 Å². The Morgan fingerprint density at radius 2 is 2.00 bits per heavy atom. The summed E-state index contributed by atoms with van der Waals surface area (Å²) in [6, 6.07) is 0. The van der Waals surface area contributed by atoms with Crippen molar-refractivity contribution in [3.8, 4) is 0 Å². The van der Waals surface area contributed by atoms with E-state index in [1.54, 1.807) is 0 Å².